The van der Waals surface area contributed by atoms with Crippen molar-refractivity contribution < 1.29 is 4.79 Å². The first-order valence-electron chi connectivity index (χ1n) is 6.48. The van der Waals surface area contributed by atoms with E-state index in [1.165, 1.54) is 0 Å². The van der Waals surface area contributed by atoms with Gasteiger partial charge in [0.2, 0.25) is 5.91 Å². The summed E-state index contributed by atoms with van der Waals surface area (Å²) < 4.78 is 0. The van der Waals surface area contributed by atoms with E-state index in [0.717, 1.165) is 29.6 Å². The average Bonchev–Trinajstić information content (AvgIpc) is 3.22. The van der Waals surface area contributed by atoms with Gasteiger partial charge in [0, 0.05) is 30.5 Å². The van der Waals surface area contributed by atoms with Crippen LogP contribution in [0, 0.1) is 5.92 Å². The topological polar surface area (TPSA) is 80.9 Å². The van der Waals surface area contributed by atoms with Crippen molar-refractivity contribution >= 4 is 22.6 Å². The summed E-state index contributed by atoms with van der Waals surface area (Å²) in [7, 11) is 0. The van der Waals surface area contributed by atoms with Gasteiger partial charge in [0.15, 0.2) is 0 Å². The van der Waals surface area contributed by atoms with Crippen LogP contribution in [-0.4, -0.2) is 21.9 Å². The molecule has 1 aromatic heterocycles. The zero-order valence-electron chi connectivity index (χ0n) is 10.5. The number of rotatable bonds is 4. The van der Waals surface area contributed by atoms with Crippen LogP contribution >= 0.6 is 0 Å². The Hall–Kier alpha value is -2.01. The molecule has 1 aliphatic carbocycles. The van der Waals surface area contributed by atoms with Crippen LogP contribution in [0.5, 0.6) is 0 Å². The minimum absolute atomic E-state index is 0.0137. The summed E-state index contributed by atoms with van der Waals surface area (Å²) in [5.41, 5.74) is 8.26. The molecule has 5 heteroatoms. The van der Waals surface area contributed by atoms with E-state index in [-0.39, 0.29) is 11.9 Å². The van der Waals surface area contributed by atoms with Crippen molar-refractivity contribution in [2.75, 3.05) is 5.32 Å². The molecule has 1 aliphatic rings. The summed E-state index contributed by atoms with van der Waals surface area (Å²) in [6, 6.07) is 5.49. The molecule has 0 saturated heterocycles. The zero-order chi connectivity index (χ0) is 13.2. The molecule has 3 rings (SSSR count). The molecular formula is C14H16N4O. The van der Waals surface area contributed by atoms with Gasteiger partial charge in [-0.05, 0) is 37.0 Å². The second-order valence-corrected chi connectivity index (χ2v) is 5.01. The van der Waals surface area contributed by atoms with Crippen LogP contribution in [0.3, 0.4) is 0 Å². The lowest BCUT2D eigenvalue weighted by Gasteiger charge is -2.10. The summed E-state index contributed by atoms with van der Waals surface area (Å²) in [4.78, 5) is 20.3. The van der Waals surface area contributed by atoms with Crippen molar-refractivity contribution in [2.24, 2.45) is 11.7 Å². The Morgan fingerprint density at radius 1 is 1.32 bits per heavy atom. The molecule has 3 N–H and O–H groups in total. The quantitative estimate of drug-likeness (QED) is 0.872. The molecule has 1 saturated carbocycles. The summed E-state index contributed by atoms with van der Waals surface area (Å²) in [6.07, 6.45) is 5.97. The highest BCUT2D eigenvalue weighted by molar-refractivity contribution is 5.93. The molecule has 0 radical (unpaired) electrons. The van der Waals surface area contributed by atoms with Crippen LogP contribution in [0.2, 0.25) is 0 Å². The molecule has 2 aromatic rings. The fraction of sp³-hybridized carbons (Fsp3) is 0.357. The predicted molar refractivity (Wildman–Crippen MR) is 73.5 cm³/mol. The lowest BCUT2D eigenvalue weighted by atomic mass is 10.1. The predicted octanol–water partition coefficient (Wildman–Crippen LogP) is 1.70. The molecule has 1 aromatic carbocycles. The highest BCUT2D eigenvalue weighted by Gasteiger charge is 2.29. The first-order valence-corrected chi connectivity index (χ1v) is 6.48. The van der Waals surface area contributed by atoms with Crippen molar-refractivity contribution in [3.63, 3.8) is 0 Å². The summed E-state index contributed by atoms with van der Waals surface area (Å²) in [5, 5.41) is 2.86. The highest BCUT2D eigenvalue weighted by atomic mass is 16.1. The molecule has 0 spiro atoms. The molecule has 0 aliphatic heterocycles. The summed E-state index contributed by atoms with van der Waals surface area (Å²) in [6.45, 7) is 0. The smallest absolute Gasteiger partial charge is 0.225 e. The summed E-state index contributed by atoms with van der Waals surface area (Å²) in [5.74, 6) is 0.496. The number of nitrogens with zero attached hydrogens (tertiary/aromatic N) is 2. The number of aromatic nitrogens is 2. The van der Waals surface area contributed by atoms with Crippen molar-refractivity contribution in [3.05, 3.63) is 30.6 Å². The van der Waals surface area contributed by atoms with Crippen LogP contribution in [0.15, 0.2) is 30.6 Å². The van der Waals surface area contributed by atoms with Crippen molar-refractivity contribution in [3.8, 4) is 0 Å². The third-order valence-corrected chi connectivity index (χ3v) is 3.40. The number of fused-ring (bicyclic) bond motifs is 1. The van der Waals surface area contributed by atoms with Crippen LogP contribution in [0.4, 0.5) is 5.69 Å². The fourth-order valence-electron chi connectivity index (χ4n) is 2.16. The number of amides is 1. The van der Waals surface area contributed by atoms with E-state index in [1.54, 1.807) is 12.4 Å². The van der Waals surface area contributed by atoms with Gasteiger partial charge in [0.1, 0.15) is 0 Å². The Kier molecular flexibility index (Phi) is 3.13. The summed E-state index contributed by atoms with van der Waals surface area (Å²) >= 11 is 0. The molecule has 1 heterocycles. The molecule has 98 valence electrons. The third kappa shape index (κ3) is 2.88. The number of hydrogen-bond donors (Lipinski definition) is 2. The standard InChI is InChI=1S/C14H16N4O/c15-11(9-1-2-9)8-14(19)18-10-3-4-12-13(7-10)17-6-5-16-12/h3-7,9,11H,1-2,8,15H2,(H,18,19). The maximum Gasteiger partial charge on any atom is 0.225 e. The lowest BCUT2D eigenvalue weighted by Crippen LogP contribution is -2.28. The number of nitrogens with one attached hydrogen (secondary N) is 1. The second kappa shape index (κ2) is 4.93. The first-order chi connectivity index (χ1) is 9.22. The third-order valence-electron chi connectivity index (χ3n) is 3.40. The van der Waals surface area contributed by atoms with Crippen LogP contribution in [0.1, 0.15) is 19.3 Å². The van der Waals surface area contributed by atoms with Gasteiger partial charge in [0.25, 0.3) is 0 Å². The minimum Gasteiger partial charge on any atom is -0.327 e. The molecule has 19 heavy (non-hydrogen) atoms. The monoisotopic (exact) mass is 256 g/mol. The Bertz CT molecular complexity index is 609. The number of hydrogen-bond acceptors (Lipinski definition) is 4. The van der Waals surface area contributed by atoms with E-state index in [9.17, 15) is 4.79 Å². The Balaban J connectivity index is 1.68. The Morgan fingerprint density at radius 3 is 2.79 bits per heavy atom. The van der Waals surface area contributed by atoms with Gasteiger partial charge < -0.3 is 11.1 Å². The van der Waals surface area contributed by atoms with Crippen molar-refractivity contribution in [1.29, 1.82) is 0 Å². The van der Waals surface area contributed by atoms with Gasteiger partial charge in [-0.15, -0.1) is 0 Å². The number of carbonyl (C=O) groups excluding carboxylic acids is 1. The Labute approximate surface area is 111 Å². The fourth-order valence-corrected chi connectivity index (χ4v) is 2.16. The van der Waals surface area contributed by atoms with E-state index in [1.807, 2.05) is 18.2 Å². The first kappa shape index (κ1) is 12.0. The number of benzene rings is 1. The highest BCUT2D eigenvalue weighted by Crippen LogP contribution is 2.32. The number of carbonyl (C=O) groups is 1. The van der Waals surface area contributed by atoms with Crippen LogP contribution in [-0.2, 0) is 4.79 Å². The van der Waals surface area contributed by atoms with Crippen LogP contribution in [0.25, 0.3) is 11.0 Å². The van der Waals surface area contributed by atoms with E-state index in [4.69, 9.17) is 5.73 Å². The van der Waals surface area contributed by atoms with E-state index >= 15 is 0 Å². The lowest BCUT2D eigenvalue weighted by molar-refractivity contribution is -0.116. The molecule has 1 unspecified atom stereocenters. The van der Waals surface area contributed by atoms with Gasteiger partial charge in [-0.2, -0.15) is 0 Å². The zero-order valence-corrected chi connectivity index (χ0v) is 10.5. The molecule has 0 bridgehead atoms. The molecule has 5 nitrogen and oxygen atoms in total. The number of anilines is 1. The van der Waals surface area contributed by atoms with Crippen molar-refractivity contribution in [1.82, 2.24) is 9.97 Å². The molecule has 1 atom stereocenters. The van der Waals surface area contributed by atoms with Crippen molar-refractivity contribution in [2.45, 2.75) is 25.3 Å². The van der Waals surface area contributed by atoms with E-state index in [0.29, 0.717) is 12.3 Å². The minimum atomic E-state index is -0.0392. The normalized spacial score (nSPS) is 16.3. The average molecular weight is 256 g/mol. The second-order valence-electron chi connectivity index (χ2n) is 5.01. The van der Waals surface area contributed by atoms with E-state index < -0.39 is 0 Å². The van der Waals surface area contributed by atoms with Gasteiger partial charge >= 0.3 is 0 Å². The Morgan fingerprint density at radius 2 is 2.05 bits per heavy atom. The van der Waals surface area contributed by atoms with E-state index in [2.05, 4.69) is 15.3 Å². The maximum absolute atomic E-state index is 11.9. The van der Waals surface area contributed by atoms with Gasteiger partial charge in [0.05, 0.1) is 11.0 Å². The van der Waals surface area contributed by atoms with Crippen LogP contribution < -0.4 is 11.1 Å². The molecule has 1 fully saturated rings. The van der Waals surface area contributed by atoms with Gasteiger partial charge in [-0.25, -0.2) is 0 Å². The number of nitrogens with two attached hydrogens (primary N) is 1. The maximum atomic E-state index is 11.9. The largest absolute Gasteiger partial charge is 0.327 e. The van der Waals surface area contributed by atoms with Gasteiger partial charge in [-0.3, -0.25) is 14.8 Å². The SMILES string of the molecule is NC(CC(=O)Nc1ccc2nccnc2c1)C1CC1. The molecule has 1 amide bonds. The molecular weight excluding hydrogens is 240 g/mol. The van der Waals surface area contributed by atoms with Gasteiger partial charge in [-0.1, -0.05) is 0 Å².